The number of rotatable bonds is 4. The third-order valence-corrected chi connectivity index (χ3v) is 7.29. The molecule has 2 aliphatic heterocycles. The first-order valence-corrected chi connectivity index (χ1v) is 10.2. The van der Waals surface area contributed by atoms with Crippen LogP contribution in [-0.4, -0.2) is 62.9 Å². The summed E-state index contributed by atoms with van der Waals surface area (Å²) < 4.78 is 44.1. The van der Waals surface area contributed by atoms with Gasteiger partial charge < -0.3 is 19.3 Å². The summed E-state index contributed by atoms with van der Waals surface area (Å²) in [5.41, 5.74) is -1.19. The first kappa shape index (κ1) is 19.4. The van der Waals surface area contributed by atoms with E-state index in [9.17, 15) is 13.5 Å². The molecule has 2 heterocycles. The van der Waals surface area contributed by atoms with Gasteiger partial charge in [0.05, 0.1) is 32.0 Å². The smallest absolute Gasteiger partial charge is 0.246 e. The monoisotopic (exact) mass is 385 g/mol. The van der Waals surface area contributed by atoms with E-state index >= 15 is 0 Å². The van der Waals surface area contributed by atoms with Gasteiger partial charge in [-0.15, -0.1) is 0 Å². The van der Waals surface area contributed by atoms with Gasteiger partial charge in [0.2, 0.25) is 10.0 Å². The Kier molecular flexibility index (Phi) is 5.22. The average Bonchev–Trinajstić information content (AvgIpc) is 2.60. The van der Waals surface area contributed by atoms with E-state index in [1.54, 1.807) is 12.1 Å². The zero-order valence-electron chi connectivity index (χ0n) is 15.5. The SMILES string of the molecule is COc1ccc(OC)c(S(=O)(=O)N2CCC3(CC2)CC(C)(O)CCO3)c1. The first-order chi connectivity index (χ1) is 12.2. The van der Waals surface area contributed by atoms with Crippen molar-refractivity contribution in [1.29, 1.82) is 0 Å². The van der Waals surface area contributed by atoms with Crippen molar-refractivity contribution in [2.75, 3.05) is 33.9 Å². The van der Waals surface area contributed by atoms with Gasteiger partial charge in [-0.2, -0.15) is 4.31 Å². The van der Waals surface area contributed by atoms with Gasteiger partial charge in [-0.25, -0.2) is 8.42 Å². The van der Waals surface area contributed by atoms with E-state index in [-0.39, 0.29) is 4.90 Å². The van der Waals surface area contributed by atoms with Gasteiger partial charge in [0.15, 0.2) is 0 Å². The largest absolute Gasteiger partial charge is 0.497 e. The van der Waals surface area contributed by atoms with E-state index in [0.717, 1.165) is 0 Å². The third kappa shape index (κ3) is 3.69. The van der Waals surface area contributed by atoms with Crippen LogP contribution in [0.4, 0.5) is 0 Å². The van der Waals surface area contributed by atoms with Crippen molar-refractivity contribution in [2.24, 2.45) is 0 Å². The van der Waals surface area contributed by atoms with Crippen LogP contribution in [0.25, 0.3) is 0 Å². The summed E-state index contributed by atoms with van der Waals surface area (Å²) in [5, 5.41) is 10.4. The topological polar surface area (TPSA) is 85.3 Å². The molecule has 2 fully saturated rings. The van der Waals surface area contributed by atoms with Crippen molar-refractivity contribution in [3.8, 4) is 11.5 Å². The average molecular weight is 385 g/mol. The van der Waals surface area contributed by atoms with Crippen LogP contribution in [0, 0.1) is 0 Å². The molecule has 1 aromatic carbocycles. The highest BCUT2D eigenvalue weighted by atomic mass is 32.2. The molecular formula is C18H27NO6S. The van der Waals surface area contributed by atoms with E-state index in [2.05, 4.69) is 0 Å². The third-order valence-electron chi connectivity index (χ3n) is 5.37. The summed E-state index contributed by atoms with van der Waals surface area (Å²) in [5.74, 6) is 0.757. The number of methoxy groups -OCH3 is 2. The van der Waals surface area contributed by atoms with E-state index in [0.29, 0.717) is 56.9 Å². The zero-order chi connectivity index (χ0) is 19.0. The maximum absolute atomic E-state index is 13.1. The fourth-order valence-electron chi connectivity index (χ4n) is 3.90. The Morgan fingerprint density at radius 3 is 2.42 bits per heavy atom. The number of aliphatic hydroxyl groups is 1. The van der Waals surface area contributed by atoms with E-state index in [1.165, 1.54) is 24.6 Å². The summed E-state index contributed by atoms with van der Waals surface area (Å²) in [6.45, 7) is 3.02. The van der Waals surface area contributed by atoms with Crippen LogP contribution in [0.5, 0.6) is 11.5 Å². The molecule has 1 spiro atoms. The molecule has 0 aromatic heterocycles. The Balaban J connectivity index is 1.81. The van der Waals surface area contributed by atoms with Gasteiger partial charge in [0, 0.05) is 25.6 Å². The molecule has 1 unspecified atom stereocenters. The van der Waals surface area contributed by atoms with Gasteiger partial charge in [-0.3, -0.25) is 0 Å². The highest BCUT2D eigenvalue weighted by molar-refractivity contribution is 7.89. The van der Waals surface area contributed by atoms with Gasteiger partial charge in [-0.05, 0) is 38.3 Å². The molecule has 1 aromatic rings. The number of nitrogens with zero attached hydrogens (tertiary/aromatic N) is 1. The molecule has 1 atom stereocenters. The fraction of sp³-hybridized carbons (Fsp3) is 0.667. The maximum Gasteiger partial charge on any atom is 0.246 e. The number of benzene rings is 1. The molecule has 1 N–H and O–H groups in total. The molecule has 0 saturated carbocycles. The van der Waals surface area contributed by atoms with E-state index < -0.39 is 21.2 Å². The van der Waals surface area contributed by atoms with Crippen LogP contribution in [0.15, 0.2) is 23.1 Å². The van der Waals surface area contributed by atoms with E-state index in [1.807, 2.05) is 6.92 Å². The van der Waals surface area contributed by atoms with Crippen LogP contribution >= 0.6 is 0 Å². The minimum atomic E-state index is -3.71. The van der Waals surface area contributed by atoms with Crippen molar-refractivity contribution < 1.29 is 27.7 Å². The standard InChI is InChI=1S/C18H27NO6S/c1-17(20)8-11-25-18(13-17)6-9-19(10-7-18)26(21,22)16-12-14(23-2)4-5-15(16)24-3/h4-5,12,20H,6-11,13H2,1-3H3. The van der Waals surface area contributed by atoms with Gasteiger partial charge in [0.25, 0.3) is 0 Å². The highest BCUT2D eigenvalue weighted by Crippen LogP contribution is 2.41. The fourth-order valence-corrected chi connectivity index (χ4v) is 5.51. The molecule has 2 saturated heterocycles. The van der Waals surface area contributed by atoms with Crippen LogP contribution < -0.4 is 9.47 Å². The predicted octanol–water partition coefficient (Wildman–Crippen LogP) is 1.79. The lowest BCUT2D eigenvalue weighted by atomic mass is 9.78. The summed E-state index contributed by atoms with van der Waals surface area (Å²) >= 11 is 0. The molecular weight excluding hydrogens is 358 g/mol. The Labute approximate surface area is 154 Å². The molecule has 0 radical (unpaired) electrons. The minimum Gasteiger partial charge on any atom is -0.497 e. The van der Waals surface area contributed by atoms with Crippen molar-refractivity contribution in [3.05, 3.63) is 18.2 Å². The minimum absolute atomic E-state index is 0.104. The van der Waals surface area contributed by atoms with Gasteiger partial charge in [-0.1, -0.05) is 0 Å². The number of ether oxygens (including phenoxy) is 3. The van der Waals surface area contributed by atoms with Crippen LogP contribution in [0.1, 0.15) is 32.6 Å². The molecule has 0 bridgehead atoms. The Hall–Kier alpha value is -1.35. The Bertz CT molecular complexity index is 753. The summed E-state index contributed by atoms with van der Waals surface area (Å²) in [6.07, 6.45) is 2.28. The van der Waals surface area contributed by atoms with Crippen molar-refractivity contribution in [3.63, 3.8) is 0 Å². The predicted molar refractivity (Wildman–Crippen MR) is 96.1 cm³/mol. The summed E-state index contributed by atoms with van der Waals surface area (Å²) in [7, 11) is -0.768. The molecule has 146 valence electrons. The highest BCUT2D eigenvalue weighted by Gasteiger charge is 2.46. The number of hydrogen-bond acceptors (Lipinski definition) is 6. The number of sulfonamides is 1. The molecule has 2 aliphatic rings. The lowest BCUT2D eigenvalue weighted by Gasteiger charge is -2.47. The number of piperidine rings is 1. The normalized spacial score (nSPS) is 26.6. The molecule has 7 nitrogen and oxygen atoms in total. The number of hydrogen-bond donors (Lipinski definition) is 1. The summed E-state index contributed by atoms with van der Waals surface area (Å²) in [4.78, 5) is 0.104. The quantitative estimate of drug-likeness (QED) is 0.851. The lowest BCUT2D eigenvalue weighted by Crippen LogP contribution is -2.54. The first-order valence-electron chi connectivity index (χ1n) is 8.80. The van der Waals surface area contributed by atoms with Crippen molar-refractivity contribution >= 4 is 10.0 Å². The van der Waals surface area contributed by atoms with Crippen LogP contribution in [0.3, 0.4) is 0 Å². The van der Waals surface area contributed by atoms with Gasteiger partial charge in [0.1, 0.15) is 16.4 Å². The van der Waals surface area contributed by atoms with Crippen LogP contribution in [-0.2, 0) is 14.8 Å². The van der Waals surface area contributed by atoms with Crippen molar-refractivity contribution in [2.45, 2.75) is 48.7 Å². The Morgan fingerprint density at radius 2 is 1.85 bits per heavy atom. The lowest BCUT2D eigenvalue weighted by molar-refractivity contribution is -0.168. The molecule has 26 heavy (non-hydrogen) atoms. The summed E-state index contributed by atoms with van der Waals surface area (Å²) in [6, 6.07) is 4.75. The second-order valence-electron chi connectivity index (χ2n) is 7.38. The van der Waals surface area contributed by atoms with Gasteiger partial charge >= 0.3 is 0 Å². The molecule has 0 aliphatic carbocycles. The van der Waals surface area contributed by atoms with Crippen molar-refractivity contribution in [1.82, 2.24) is 4.31 Å². The molecule has 0 amide bonds. The second kappa shape index (κ2) is 6.99. The molecule has 8 heteroatoms. The Morgan fingerprint density at radius 1 is 1.15 bits per heavy atom. The zero-order valence-corrected chi connectivity index (χ0v) is 16.3. The van der Waals surface area contributed by atoms with E-state index in [4.69, 9.17) is 14.2 Å². The van der Waals surface area contributed by atoms with Crippen LogP contribution in [0.2, 0.25) is 0 Å². The maximum atomic E-state index is 13.1. The second-order valence-corrected chi connectivity index (χ2v) is 9.28. The molecule has 3 rings (SSSR count).